The standard InChI is InChI=1S/C15H21N3O3/c1-2-16-14(19)12-3-4-13(17-9-12)18-6-8-21-15(10-18)5-7-20-11-15/h3-4,9H,2,5-8,10-11H2,1H3,(H,16,19). The largest absolute Gasteiger partial charge is 0.378 e. The minimum atomic E-state index is -0.182. The number of nitrogens with one attached hydrogen (secondary N) is 1. The maximum absolute atomic E-state index is 11.7. The van der Waals surface area contributed by atoms with Gasteiger partial charge in [-0.15, -0.1) is 0 Å². The molecule has 1 aromatic rings. The van der Waals surface area contributed by atoms with E-state index in [1.807, 2.05) is 19.1 Å². The molecule has 1 amide bonds. The quantitative estimate of drug-likeness (QED) is 0.893. The van der Waals surface area contributed by atoms with Crippen molar-refractivity contribution in [3.8, 4) is 0 Å². The maximum Gasteiger partial charge on any atom is 0.252 e. The number of hydrogen-bond donors (Lipinski definition) is 1. The summed E-state index contributed by atoms with van der Waals surface area (Å²) in [6, 6.07) is 3.72. The highest BCUT2D eigenvalue weighted by Gasteiger charge is 2.40. The first-order valence-corrected chi connectivity index (χ1v) is 7.43. The summed E-state index contributed by atoms with van der Waals surface area (Å²) in [5, 5.41) is 2.77. The molecule has 2 aliphatic rings. The Labute approximate surface area is 124 Å². The number of morpholine rings is 1. The topological polar surface area (TPSA) is 63.7 Å². The highest BCUT2D eigenvalue weighted by atomic mass is 16.6. The minimum absolute atomic E-state index is 0.0841. The van der Waals surface area contributed by atoms with E-state index in [0.717, 1.165) is 31.9 Å². The zero-order valence-electron chi connectivity index (χ0n) is 12.3. The number of ether oxygens (including phenoxy) is 2. The Morgan fingerprint density at radius 3 is 3.05 bits per heavy atom. The van der Waals surface area contributed by atoms with Crippen LogP contribution in [0.2, 0.25) is 0 Å². The second-order valence-corrected chi connectivity index (χ2v) is 5.52. The van der Waals surface area contributed by atoms with Crippen LogP contribution >= 0.6 is 0 Å². The fourth-order valence-corrected chi connectivity index (χ4v) is 2.84. The molecule has 1 N–H and O–H groups in total. The van der Waals surface area contributed by atoms with Gasteiger partial charge in [-0.25, -0.2) is 4.98 Å². The third-order valence-corrected chi connectivity index (χ3v) is 3.99. The molecule has 6 nitrogen and oxygen atoms in total. The molecule has 2 saturated heterocycles. The van der Waals surface area contributed by atoms with Gasteiger partial charge in [0.2, 0.25) is 0 Å². The van der Waals surface area contributed by atoms with Crippen LogP contribution in [-0.4, -0.2) is 55.9 Å². The van der Waals surface area contributed by atoms with E-state index in [-0.39, 0.29) is 11.5 Å². The number of hydrogen-bond acceptors (Lipinski definition) is 5. The molecule has 0 aromatic carbocycles. The lowest BCUT2D eigenvalue weighted by Crippen LogP contribution is -2.52. The van der Waals surface area contributed by atoms with Crippen LogP contribution in [0.25, 0.3) is 0 Å². The molecule has 0 radical (unpaired) electrons. The Morgan fingerprint density at radius 1 is 1.48 bits per heavy atom. The van der Waals surface area contributed by atoms with Crippen molar-refractivity contribution in [1.82, 2.24) is 10.3 Å². The van der Waals surface area contributed by atoms with E-state index in [1.165, 1.54) is 0 Å². The number of carbonyl (C=O) groups excluding carboxylic acids is 1. The molecule has 3 heterocycles. The zero-order chi connectivity index (χ0) is 14.7. The summed E-state index contributed by atoms with van der Waals surface area (Å²) in [4.78, 5) is 18.4. The van der Waals surface area contributed by atoms with E-state index in [0.29, 0.717) is 25.3 Å². The second-order valence-electron chi connectivity index (χ2n) is 5.52. The van der Waals surface area contributed by atoms with Crippen molar-refractivity contribution < 1.29 is 14.3 Å². The molecule has 0 bridgehead atoms. The van der Waals surface area contributed by atoms with Crippen LogP contribution in [0.15, 0.2) is 18.3 Å². The Bertz CT molecular complexity index is 497. The number of carbonyl (C=O) groups is 1. The van der Waals surface area contributed by atoms with Gasteiger partial charge < -0.3 is 19.7 Å². The third-order valence-electron chi connectivity index (χ3n) is 3.99. The predicted octanol–water partition coefficient (Wildman–Crippen LogP) is 0.827. The normalized spacial score (nSPS) is 25.3. The molecular formula is C15H21N3O3. The monoisotopic (exact) mass is 291 g/mol. The summed E-state index contributed by atoms with van der Waals surface area (Å²) >= 11 is 0. The lowest BCUT2D eigenvalue weighted by Gasteiger charge is -2.40. The second kappa shape index (κ2) is 5.99. The molecule has 21 heavy (non-hydrogen) atoms. The summed E-state index contributed by atoms with van der Waals surface area (Å²) in [5.74, 6) is 0.803. The van der Waals surface area contributed by atoms with Crippen LogP contribution in [0.1, 0.15) is 23.7 Å². The van der Waals surface area contributed by atoms with Crippen molar-refractivity contribution in [2.75, 3.05) is 44.4 Å². The minimum Gasteiger partial charge on any atom is -0.378 e. The fraction of sp³-hybridized carbons (Fsp3) is 0.600. The third kappa shape index (κ3) is 3.01. The van der Waals surface area contributed by atoms with Gasteiger partial charge in [-0.1, -0.05) is 0 Å². The van der Waals surface area contributed by atoms with Crippen LogP contribution < -0.4 is 10.2 Å². The summed E-state index contributed by atoms with van der Waals surface area (Å²) in [5.41, 5.74) is 0.408. The maximum atomic E-state index is 11.7. The number of amides is 1. The number of anilines is 1. The average Bonchev–Trinajstić information content (AvgIpc) is 2.95. The lowest BCUT2D eigenvalue weighted by molar-refractivity contribution is -0.0581. The Hall–Kier alpha value is -1.66. The van der Waals surface area contributed by atoms with E-state index in [2.05, 4.69) is 15.2 Å². The van der Waals surface area contributed by atoms with E-state index >= 15 is 0 Å². The Balaban J connectivity index is 1.70. The van der Waals surface area contributed by atoms with Gasteiger partial charge in [0.1, 0.15) is 11.4 Å². The van der Waals surface area contributed by atoms with Gasteiger partial charge in [-0.05, 0) is 19.1 Å². The predicted molar refractivity (Wildman–Crippen MR) is 78.6 cm³/mol. The number of nitrogens with zero attached hydrogens (tertiary/aromatic N) is 2. The van der Waals surface area contributed by atoms with Gasteiger partial charge in [0.05, 0.1) is 25.3 Å². The van der Waals surface area contributed by atoms with Crippen molar-refractivity contribution in [1.29, 1.82) is 0 Å². The van der Waals surface area contributed by atoms with E-state index < -0.39 is 0 Å². The number of rotatable bonds is 3. The SMILES string of the molecule is CCNC(=O)c1ccc(N2CCOC3(CCOC3)C2)nc1. The molecule has 1 aromatic heterocycles. The van der Waals surface area contributed by atoms with Gasteiger partial charge in [0, 0.05) is 32.3 Å². The molecular weight excluding hydrogens is 270 g/mol. The van der Waals surface area contributed by atoms with Crippen molar-refractivity contribution in [2.24, 2.45) is 0 Å². The molecule has 0 aliphatic carbocycles. The van der Waals surface area contributed by atoms with Crippen molar-refractivity contribution >= 4 is 11.7 Å². The Kier molecular flexibility index (Phi) is 4.07. The van der Waals surface area contributed by atoms with Crippen molar-refractivity contribution in [3.63, 3.8) is 0 Å². The fourth-order valence-electron chi connectivity index (χ4n) is 2.84. The highest BCUT2D eigenvalue weighted by molar-refractivity contribution is 5.93. The summed E-state index contributed by atoms with van der Waals surface area (Å²) in [7, 11) is 0. The molecule has 6 heteroatoms. The van der Waals surface area contributed by atoms with Gasteiger partial charge in [-0.3, -0.25) is 4.79 Å². The van der Waals surface area contributed by atoms with Crippen molar-refractivity contribution in [2.45, 2.75) is 18.9 Å². The summed E-state index contributed by atoms with van der Waals surface area (Å²) in [6.45, 7) is 6.22. The first-order valence-electron chi connectivity index (χ1n) is 7.43. The smallest absolute Gasteiger partial charge is 0.252 e. The van der Waals surface area contributed by atoms with E-state index in [4.69, 9.17) is 9.47 Å². The van der Waals surface area contributed by atoms with Crippen molar-refractivity contribution in [3.05, 3.63) is 23.9 Å². The molecule has 1 atom stereocenters. The summed E-state index contributed by atoms with van der Waals surface area (Å²) in [6.07, 6.45) is 2.56. The van der Waals surface area contributed by atoms with Crippen LogP contribution in [-0.2, 0) is 9.47 Å². The molecule has 0 saturated carbocycles. The summed E-state index contributed by atoms with van der Waals surface area (Å²) < 4.78 is 11.4. The molecule has 1 spiro atoms. The van der Waals surface area contributed by atoms with E-state index in [9.17, 15) is 4.79 Å². The molecule has 1 unspecified atom stereocenters. The zero-order valence-corrected chi connectivity index (χ0v) is 12.3. The first-order chi connectivity index (χ1) is 10.2. The van der Waals surface area contributed by atoms with Gasteiger partial charge in [-0.2, -0.15) is 0 Å². The number of aromatic nitrogens is 1. The number of pyridine rings is 1. The Morgan fingerprint density at radius 2 is 2.38 bits per heavy atom. The van der Waals surface area contributed by atoms with Crippen LogP contribution in [0.5, 0.6) is 0 Å². The highest BCUT2D eigenvalue weighted by Crippen LogP contribution is 2.29. The first kappa shape index (κ1) is 14.3. The molecule has 2 fully saturated rings. The van der Waals surface area contributed by atoms with E-state index in [1.54, 1.807) is 6.20 Å². The van der Waals surface area contributed by atoms with Gasteiger partial charge >= 0.3 is 0 Å². The van der Waals surface area contributed by atoms with Crippen LogP contribution in [0.3, 0.4) is 0 Å². The van der Waals surface area contributed by atoms with Gasteiger partial charge in [0.15, 0.2) is 0 Å². The molecule has 2 aliphatic heterocycles. The van der Waals surface area contributed by atoms with Crippen LogP contribution in [0, 0.1) is 0 Å². The molecule has 3 rings (SSSR count). The molecule has 114 valence electrons. The average molecular weight is 291 g/mol. The lowest BCUT2D eigenvalue weighted by atomic mass is 10.0. The van der Waals surface area contributed by atoms with Crippen LogP contribution in [0.4, 0.5) is 5.82 Å². The van der Waals surface area contributed by atoms with Gasteiger partial charge in [0.25, 0.3) is 5.91 Å².